The molecule has 0 aliphatic carbocycles. The third kappa shape index (κ3) is 5.49. The van der Waals surface area contributed by atoms with Crippen molar-refractivity contribution in [1.82, 2.24) is 5.32 Å². The summed E-state index contributed by atoms with van der Waals surface area (Å²) in [6.07, 6.45) is 3.98. The molecule has 0 aromatic heterocycles. The largest absolute Gasteiger partial charge is 0.459 e. The van der Waals surface area contributed by atoms with Crippen LogP contribution in [0.4, 0.5) is 0 Å². The van der Waals surface area contributed by atoms with E-state index in [0.717, 1.165) is 32.3 Å². The Bertz CT molecular complexity index is 292. The number of hydrogen-bond donors (Lipinski definition) is 1. The predicted molar refractivity (Wildman–Crippen MR) is 76.1 cm³/mol. The van der Waals surface area contributed by atoms with E-state index >= 15 is 0 Å². The molecule has 1 atom stereocenters. The van der Waals surface area contributed by atoms with Crippen LogP contribution >= 0.6 is 0 Å². The van der Waals surface area contributed by atoms with Gasteiger partial charge in [0, 0.05) is 12.6 Å². The number of rotatable bonds is 5. The fourth-order valence-corrected chi connectivity index (χ4v) is 2.55. The van der Waals surface area contributed by atoms with Crippen molar-refractivity contribution >= 4 is 5.97 Å². The molecule has 0 aromatic rings. The molecule has 1 aliphatic rings. The second-order valence-electron chi connectivity index (χ2n) is 6.40. The average molecular weight is 271 g/mol. The minimum absolute atomic E-state index is 0.0101. The van der Waals surface area contributed by atoms with E-state index in [1.54, 1.807) is 0 Å². The van der Waals surface area contributed by atoms with Crippen molar-refractivity contribution in [2.24, 2.45) is 0 Å². The maximum atomic E-state index is 11.7. The molecule has 112 valence electrons. The second-order valence-corrected chi connectivity index (χ2v) is 6.40. The summed E-state index contributed by atoms with van der Waals surface area (Å²) in [7, 11) is 0. The molecule has 0 amide bonds. The first-order valence-corrected chi connectivity index (χ1v) is 7.39. The van der Waals surface area contributed by atoms with Crippen molar-refractivity contribution < 1.29 is 14.3 Å². The quantitative estimate of drug-likeness (QED) is 0.781. The monoisotopic (exact) mass is 271 g/mol. The van der Waals surface area contributed by atoms with Crippen molar-refractivity contribution in [2.75, 3.05) is 13.2 Å². The van der Waals surface area contributed by atoms with E-state index < -0.39 is 5.60 Å². The van der Waals surface area contributed by atoms with Gasteiger partial charge in [0.25, 0.3) is 0 Å². The highest BCUT2D eigenvalue weighted by atomic mass is 16.6. The number of nitrogens with one attached hydrogen (secondary N) is 1. The molecule has 4 nitrogen and oxygen atoms in total. The molecule has 0 spiro atoms. The Morgan fingerprint density at radius 2 is 2.00 bits per heavy atom. The molecular weight excluding hydrogens is 242 g/mol. The second kappa shape index (κ2) is 6.71. The summed E-state index contributed by atoms with van der Waals surface area (Å²) in [5.74, 6) is -0.183. The Kier molecular flexibility index (Phi) is 5.81. The van der Waals surface area contributed by atoms with E-state index in [2.05, 4.69) is 19.2 Å². The Hall–Kier alpha value is -0.610. The molecule has 1 saturated heterocycles. The van der Waals surface area contributed by atoms with Crippen molar-refractivity contribution in [2.45, 2.75) is 77.5 Å². The molecule has 4 heteroatoms. The summed E-state index contributed by atoms with van der Waals surface area (Å²) in [5, 5.41) is 3.31. The normalized spacial score (nSPS) is 23.1. The number of ether oxygens (including phenoxy) is 2. The molecule has 0 aromatic carbocycles. The minimum Gasteiger partial charge on any atom is -0.459 e. The SMILES string of the molecule is CCC1(CC)CC(NCC(=O)OC(C)(C)C)CCO1. The lowest BCUT2D eigenvalue weighted by atomic mass is 9.86. The van der Waals surface area contributed by atoms with E-state index in [1.807, 2.05) is 20.8 Å². The molecule has 1 fully saturated rings. The lowest BCUT2D eigenvalue weighted by Gasteiger charge is -2.40. The summed E-state index contributed by atoms with van der Waals surface area (Å²) in [6, 6.07) is 0.348. The maximum Gasteiger partial charge on any atom is 0.320 e. The van der Waals surface area contributed by atoms with Crippen LogP contribution in [0.1, 0.15) is 60.3 Å². The molecule has 0 saturated carbocycles. The predicted octanol–water partition coefficient (Wildman–Crippen LogP) is 2.66. The number of hydrogen-bond acceptors (Lipinski definition) is 4. The lowest BCUT2D eigenvalue weighted by Crippen LogP contribution is -2.48. The van der Waals surface area contributed by atoms with Crippen LogP contribution in [0.5, 0.6) is 0 Å². The van der Waals surface area contributed by atoms with Gasteiger partial charge >= 0.3 is 5.97 Å². The number of esters is 1. The molecule has 1 aliphatic heterocycles. The topological polar surface area (TPSA) is 47.6 Å². The highest BCUT2D eigenvalue weighted by Crippen LogP contribution is 2.31. The Morgan fingerprint density at radius 1 is 1.37 bits per heavy atom. The first kappa shape index (κ1) is 16.4. The summed E-state index contributed by atoms with van der Waals surface area (Å²) >= 11 is 0. The third-order valence-electron chi connectivity index (χ3n) is 3.74. The molecule has 0 bridgehead atoms. The molecular formula is C15H29NO3. The van der Waals surface area contributed by atoms with Crippen LogP contribution in [0.2, 0.25) is 0 Å². The summed E-state index contributed by atoms with van der Waals surface area (Å²) in [6.45, 7) is 11.0. The van der Waals surface area contributed by atoms with Crippen molar-refractivity contribution in [3.8, 4) is 0 Å². The van der Waals surface area contributed by atoms with Crippen LogP contribution < -0.4 is 5.32 Å². The fourth-order valence-electron chi connectivity index (χ4n) is 2.55. The Balaban J connectivity index is 2.39. The summed E-state index contributed by atoms with van der Waals surface area (Å²) < 4.78 is 11.2. The molecule has 1 heterocycles. The minimum atomic E-state index is -0.412. The van der Waals surface area contributed by atoms with Crippen molar-refractivity contribution in [3.05, 3.63) is 0 Å². The van der Waals surface area contributed by atoms with E-state index in [-0.39, 0.29) is 18.1 Å². The van der Waals surface area contributed by atoms with Crippen LogP contribution in [0.15, 0.2) is 0 Å². The first-order chi connectivity index (χ1) is 8.80. The van der Waals surface area contributed by atoms with Crippen molar-refractivity contribution in [1.29, 1.82) is 0 Å². The zero-order valence-corrected chi connectivity index (χ0v) is 13.0. The molecule has 0 radical (unpaired) electrons. The van der Waals surface area contributed by atoms with Crippen molar-refractivity contribution in [3.63, 3.8) is 0 Å². The Morgan fingerprint density at radius 3 is 2.53 bits per heavy atom. The molecule has 1 N–H and O–H groups in total. The lowest BCUT2D eigenvalue weighted by molar-refractivity contribution is -0.154. The van der Waals surface area contributed by atoms with Crippen LogP contribution in [-0.2, 0) is 14.3 Å². The van der Waals surface area contributed by atoms with E-state index in [1.165, 1.54) is 0 Å². The smallest absolute Gasteiger partial charge is 0.320 e. The zero-order valence-electron chi connectivity index (χ0n) is 13.0. The van der Waals surface area contributed by atoms with Crippen LogP contribution in [-0.4, -0.2) is 36.4 Å². The number of carbonyl (C=O) groups is 1. The van der Waals surface area contributed by atoms with E-state index in [9.17, 15) is 4.79 Å². The molecule has 1 rings (SSSR count). The first-order valence-electron chi connectivity index (χ1n) is 7.39. The van der Waals surface area contributed by atoms with Gasteiger partial charge < -0.3 is 14.8 Å². The standard InChI is InChI=1S/C15H29NO3/c1-6-15(7-2)10-12(8-9-18-15)16-11-13(17)19-14(3,4)5/h12,16H,6-11H2,1-5H3. The van der Waals surface area contributed by atoms with Crippen LogP contribution in [0, 0.1) is 0 Å². The average Bonchev–Trinajstić information content (AvgIpc) is 2.34. The number of carbonyl (C=O) groups excluding carboxylic acids is 1. The van der Waals surface area contributed by atoms with Gasteiger partial charge in [-0.1, -0.05) is 13.8 Å². The zero-order chi connectivity index (χ0) is 14.5. The summed E-state index contributed by atoms with van der Waals surface area (Å²) in [4.78, 5) is 11.7. The third-order valence-corrected chi connectivity index (χ3v) is 3.74. The Labute approximate surface area is 117 Å². The molecule has 19 heavy (non-hydrogen) atoms. The van der Waals surface area contributed by atoms with Gasteiger partial charge in [0.05, 0.1) is 12.1 Å². The van der Waals surface area contributed by atoms with Gasteiger partial charge in [0.1, 0.15) is 5.60 Å². The van der Waals surface area contributed by atoms with E-state index in [4.69, 9.17) is 9.47 Å². The van der Waals surface area contributed by atoms with Crippen LogP contribution in [0.3, 0.4) is 0 Å². The van der Waals surface area contributed by atoms with Crippen LogP contribution in [0.25, 0.3) is 0 Å². The van der Waals surface area contributed by atoms with Gasteiger partial charge in [0.15, 0.2) is 0 Å². The van der Waals surface area contributed by atoms with Gasteiger partial charge in [-0.15, -0.1) is 0 Å². The molecule has 1 unspecified atom stereocenters. The van der Waals surface area contributed by atoms with Gasteiger partial charge in [-0.3, -0.25) is 4.79 Å². The van der Waals surface area contributed by atoms with Gasteiger partial charge in [-0.05, 0) is 46.5 Å². The highest BCUT2D eigenvalue weighted by Gasteiger charge is 2.34. The van der Waals surface area contributed by atoms with Gasteiger partial charge in [0.2, 0.25) is 0 Å². The highest BCUT2D eigenvalue weighted by molar-refractivity contribution is 5.72. The van der Waals surface area contributed by atoms with Gasteiger partial charge in [-0.2, -0.15) is 0 Å². The van der Waals surface area contributed by atoms with E-state index in [0.29, 0.717) is 6.04 Å². The summed E-state index contributed by atoms with van der Waals surface area (Å²) in [5.41, 5.74) is -0.422. The maximum absolute atomic E-state index is 11.7. The van der Waals surface area contributed by atoms with Gasteiger partial charge in [-0.25, -0.2) is 0 Å². The fraction of sp³-hybridized carbons (Fsp3) is 0.933.